The molecule has 0 atom stereocenters. The zero-order chi connectivity index (χ0) is 15.7. The van der Waals surface area contributed by atoms with Crippen LogP contribution in [0.15, 0.2) is 40.7 Å². The maximum atomic E-state index is 10.8. The Morgan fingerprint density at radius 1 is 1.23 bits per heavy atom. The molecule has 0 aliphatic heterocycles. The standard InChI is InChI=1S/C16H14N2O2S2/c1-10-3-4-12(11(2)7-10)9-21-16-17-14-6-5-13(18(19)20)8-15(14)22-16/h3-8H,9H2,1-2H3. The van der Waals surface area contributed by atoms with Crippen LogP contribution < -0.4 is 0 Å². The molecule has 3 aromatic rings. The lowest BCUT2D eigenvalue weighted by Crippen LogP contribution is -1.87. The zero-order valence-corrected chi connectivity index (χ0v) is 13.8. The number of nitrogens with zero attached hydrogens (tertiary/aromatic N) is 2. The molecule has 0 radical (unpaired) electrons. The number of benzene rings is 2. The van der Waals surface area contributed by atoms with Gasteiger partial charge < -0.3 is 0 Å². The fourth-order valence-corrected chi connectivity index (χ4v) is 4.39. The molecule has 0 unspecified atom stereocenters. The van der Waals surface area contributed by atoms with Crippen LogP contribution in [-0.2, 0) is 5.75 Å². The van der Waals surface area contributed by atoms with Crippen molar-refractivity contribution in [1.29, 1.82) is 0 Å². The quantitative estimate of drug-likeness (QED) is 0.379. The Kier molecular flexibility index (Phi) is 4.13. The van der Waals surface area contributed by atoms with E-state index in [9.17, 15) is 10.1 Å². The molecular weight excluding hydrogens is 316 g/mol. The maximum Gasteiger partial charge on any atom is 0.270 e. The van der Waals surface area contributed by atoms with Gasteiger partial charge in [-0.3, -0.25) is 10.1 Å². The number of non-ortho nitro benzene ring substituents is 1. The molecule has 0 spiro atoms. The van der Waals surface area contributed by atoms with Crippen LogP contribution in [0, 0.1) is 24.0 Å². The minimum atomic E-state index is -0.373. The molecule has 22 heavy (non-hydrogen) atoms. The molecule has 4 nitrogen and oxygen atoms in total. The number of hydrogen-bond donors (Lipinski definition) is 0. The SMILES string of the molecule is Cc1ccc(CSc2nc3ccc([N+](=O)[O-])cc3s2)c(C)c1. The van der Waals surface area contributed by atoms with Crippen LogP contribution in [0.4, 0.5) is 5.69 Å². The first-order valence-corrected chi connectivity index (χ1v) is 8.57. The van der Waals surface area contributed by atoms with E-state index < -0.39 is 0 Å². The van der Waals surface area contributed by atoms with Gasteiger partial charge in [-0.05, 0) is 31.0 Å². The van der Waals surface area contributed by atoms with Crippen molar-refractivity contribution in [3.8, 4) is 0 Å². The third-order valence-corrected chi connectivity index (χ3v) is 5.62. The van der Waals surface area contributed by atoms with Crippen molar-refractivity contribution in [3.63, 3.8) is 0 Å². The van der Waals surface area contributed by atoms with E-state index in [0.717, 1.165) is 20.3 Å². The zero-order valence-electron chi connectivity index (χ0n) is 12.2. The van der Waals surface area contributed by atoms with Gasteiger partial charge in [-0.25, -0.2) is 4.98 Å². The summed E-state index contributed by atoms with van der Waals surface area (Å²) in [5.74, 6) is 0.855. The number of rotatable bonds is 4. The Hall–Kier alpha value is -1.92. The first-order chi connectivity index (χ1) is 10.5. The number of nitro groups is 1. The molecular formula is C16H14N2O2S2. The molecule has 0 amide bonds. The predicted octanol–water partition coefficient (Wildman–Crippen LogP) is 5.11. The fourth-order valence-electron chi connectivity index (χ4n) is 2.21. The number of fused-ring (bicyclic) bond motifs is 1. The van der Waals surface area contributed by atoms with E-state index in [2.05, 4.69) is 37.0 Å². The van der Waals surface area contributed by atoms with Gasteiger partial charge in [0.15, 0.2) is 4.34 Å². The summed E-state index contributed by atoms with van der Waals surface area (Å²) in [5.41, 5.74) is 4.77. The third-order valence-electron chi connectivity index (χ3n) is 3.41. The van der Waals surface area contributed by atoms with Crippen LogP contribution in [0.2, 0.25) is 0 Å². The molecule has 0 saturated heterocycles. The minimum absolute atomic E-state index is 0.113. The summed E-state index contributed by atoms with van der Waals surface area (Å²) in [4.78, 5) is 15.0. The molecule has 0 N–H and O–H groups in total. The van der Waals surface area contributed by atoms with Crippen LogP contribution in [0.1, 0.15) is 16.7 Å². The number of aromatic nitrogens is 1. The Morgan fingerprint density at radius 2 is 2.05 bits per heavy atom. The van der Waals surface area contributed by atoms with Crippen LogP contribution in [0.25, 0.3) is 10.2 Å². The summed E-state index contributed by atoms with van der Waals surface area (Å²) >= 11 is 3.18. The van der Waals surface area contributed by atoms with Gasteiger partial charge >= 0.3 is 0 Å². The summed E-state index contributed by atoms with van der Waals surface area (Å²) < 4.78 is 1.80. The van der Waals surface area contributed by atoms with Crippen LogP contribution in [0.3, 0.4) is 0 Å². The fraction of sp³-hybridized carbons (Fsp3) is 0.188. The lowest BCUT2D eigenvalue weighted by molar-refractivity contribution is -0.384. The average Bonchev–Trinajstić information content (AvgIpc) is 2.88. The van der Waals surface area contributed by atoms with Crippen molar-refractivity contribution in [2.24, 2.45) is 0 Å². The van der Waals surface area contributed by atoms with E-state index in [4.69, 9.17) is 0 Å². The molecule has 0 aliphatic rings. The molecule has 1 aromatic heterocycles. The second-order valence-electron chi connectivity index (χ2n) is 5.11. The Labute approximate surface area is 136 Å². The second-order valence-corrected chi connectivity index (χ2v) is 7.36. The van der Waals surface area contributed by atoms with Gasteiger partial charge in [0.2, 0.25) is 0 Å². The molecule has 2 aromatic carbocycles. The van der Waals surface area contributed by atoms with E-state index in [0.29, 0.717) is 0 Å². The number of nitro benzene ring substituents is 1. The number of thiazole rings is 1. The molecule has 1 heterocycles. The Bertz CT molecular complexity index is 858. The molecule has 0 saturated carbocycles. The van der Waals surface area contributed by atoms with Gasteiger partial charge in [0.25, 0.3) is 5.69 Å². The van der Waals surface area contributed by atoms with Crippen molar-refractivity contribution in [2.45, 2.75) is 23.9 Å². The lowest BCUT2D eigenvalue weighted by Gasteiger charge is -2.05. The lowest BCUT2D eigenvalue weighted by atomic mass is 10.1. The third kappa shape index (κ3) is 3.13. The van der Waals surface area contributed by atoms with E-state index in [-0.39, 0.29) is 10.6 Å². The van der Waals surface area contributed by atoms with E-state index in [1.807, 2.05) is 0 Å². The van der Waals surface area contributed by atoms with E-state index in [1.54, 1.807) is 23.9 Å². The molecule has 3 rings (SSSR count). The first kappa shape index (κ1) is 15.0. The molecule has 0 aliphatic carbocycles. The van der Waals surface area contributed by atoms with Gasteiger partial charge in [0.05, 0.1) is 15.1 Å². The smallest absolute Gasteiger partial charge is 0.258 e. The highest BCUT2D eigenvalue weighted by Crippen LogP contribution is 2.33. The largest absolute Gasteiger partial charge is 0.270 e. The number of aryl methyl sites for hydroxylation is 2. The molecule has 0 fully saturated rings. The maximum absolute atomic E-state index is 10.8. The van der Waals surface area contributed by atoms with Crippen LogP contribution in [-0.4, -0.2) is 9.91 Å². The van der Waals surface area contributed by atoms with Gasteiger partial charge in [-0.2, -0.15) is 0 Å². The summed E-state index contributed by atoms with van der Waals surface area (Å²) in [6.45, 7) is 4.20. The topological polar surface area (TPSA) is 56.0 Å². The Balaban J connectivity index is 1.80. The molecule has 0 bridgehead atoms. The second kappa shape index (κ2) is 6.06. The van der Waals surface area contributed by atoms with Gasteiger partial charge in [0, 0.05) is 17.9 Å². The van der Waals surface area contributed by atoms with Crippen molar-refractivity contribution in [1.82, 2.24) is 4.98 Å². The van der Waals surface area contributed by atoms with E-state index in [1.165, 1.54) is 34.1 Å². The summed E-state index contributed by atoms with van der Waals surface area (Å²) in [7, 11) is 0. The predicted molar refractivity (Wildman–Crippen MR) is 91.8 cm³/mol. The molecule has 112 valence electrons. The first-order valence-electron chi connectivity index (χ1n) is 6.77. The highest BCUT2D eigenvalue weighted by molar-refractivity contribution is 8.00. The molecule has 6 heteroatoms. The normalized spacial score (nSPS) is 11.0. The van der Waals surface area contributed by atoms with Gasteiger partial charge in [-0.1, -0.05) is 35.5 Å². The highest BCUT2D eigenvalue weighted by atomic mass is 32.2. The highest BCUT2D eigenvalue weighted by Gasteiger charge is 2.11. The number of hydrogen-bond acceptors (Lipinski definition) is 5. The Morgan fingerprint density at radius 3 is 2.77 bits per heavy atom. The van der Waals surface area contributed by atoms with Crippen molar-refractivity contribution in [3.05, 3.63) is 63.2 Å². The average molecular weight is 330 g/mol. The van der Waals surface area contributed by atoms with Crippen molar-refractivity contribution in [2.75, 3.05) is 0 Å². The summed E-state index contributed by atoms with van der Waals surface area (Å²) in [5, 5.41) is 10.8. The number of thioether (sulfide) groups is 1. The van der Waals surface area contributed by atoms with Crippen LogP contribution in [0.5, 0.6) is 0 Å². The van der Waals surface area contributed by atoms with Gasteiger partial charge in [0.1, 0.15) is 0 Å². The van der Waals surface area contributed by atoms with Crippen LogP contribution >= 0.6 is 23.1 Å². The minimum Gasteiger partial charge on any atom is -0.258 e. The van der Waals surface area contributed by atoms with Crippen molar-refractivity contribution < 1.29 is 4.92 Å². The van der Waals surface area contributed by atoms with Crippen molar-refractivity contribution >= 4 is 39.0 Å². The van der Waals surface area contributed by atoms with Gasteiger partial charge in [-0.15, -0.1) is 11.3 Å². The summed E-state index contributed by atoms with van der Waals surface area (Å²) in [6.07, 6.45) is 0. The summed E-state index contributed by atoms with van der Waals surface area (Å²) in [6, 6.07) is 11.2. The monoisotopic (exact) mass is 330 g/mol. The van der Waals surface area contributed by atoms with E-state index >= 15 is 0 Å².